The number of ether oxygens (including phenoxy) is 1. The lowest BCUT2D eigenvalue weighted by atomic mass is 10.0. The molecule has 0 saturated heterocycles. The van der Waals surface area contributed by atoms with E-state index < -0.39 is 34.5 Å². The molecule has 32 heavy (non-hydrogen) atoms. The average molecular weight is 460 g/mol. The van der Waals surface area contributed by atoms with Gasteiger partial charge in [0.25, 0.3) is 5.91 Å². The molecule has 170 valence electrons. The van der Waals surface area contributed by atoms with Gasteiger partial charge in [-0.3, -0.25) is 10.1 Å². The lowest BCUT2D eigenvalue weighted by Crippen LogP contribution is -2.41. The quantitative estimate of drug-likeness (QED) is 0.609. The van der Waals surface area contributed by atoms with E-state index in [-0.39, 0.29) is 10.5 Å². The number of carbonyl (C=O) groups excluding carboxylic acids is 3. The number of imide groups is 1. The Morgan fingerprint density at radius 2 is 1.72 bits per heavy atom. The van der Waals surface area contributed by atoms with Crippen LogP contribution in [-0.4, -0.2) is 50.3 Å². The van der Waals surface area contributed by atoms with E-state index >= 15 is 0 Å². The van der Waals surface area contributed by atoms with Crippen molar-refractivity contribution in [1.82, 2.24) is 14.9 Å². The van der Waals surface area contributed by atoms with Crippen molar-refractivity contribution in [2.75, 3.05) is 19.7 Å². The van der Waals surface area contributed by atoms with Crippen molar-refractivity contribution in [1.29, 1.82) is 0 Å². The lowest BCUT2D eigenvalue weighted by molar-refractivity contribution is -0.123. The number of benzene rings is 2. The van der Waals surface area contributed by atoms with Crippen LogP contribution in [0.5, 0.6) is 0 Å². The number of urea groups is 1. The third-order valence-corrected chi connectivity index (χ3v) is 6.81. The van der Waals surface area contributed by atoms with Gasteiger partial charge in [0.1, 0.15) is 0 Å². The molecule has 0 bridgehead atoms. The molecule has 0 radical (unpaired) electrons. The number of amides is 3. The summed E-state index contributed by atoms with van der Waals surface area (Å²) in [7, 11) is -3.72. The standard InChI is InChI=1S/C22H25N3O6S/c1-2-12-23-22(28)24-20(26)15-31-21(27)17-7-9-19(10-8-17)32(29,30)25-13-11-16-5-3-4-6-18(16)14-25/h3-10H,2,11-15H2,1H3,(H2,23,24,26,28). The highest BCUT2D eigenvalue weighted by atomic mass is 32.2. The molecule has 9 nitrogen and oxygen atoms in total. The van der Waals surface area contributed by atoms with Crippen molar-refractivity contribution in [3.8, 4) is 0 Å². The maximum atomic E-state index is 13.0. The summed E-state index contributed by atoms with van der Waals surface area (Å²) in [6.45, 7) is 2.32. The Morgan fingerprint density at radius 3 is 2.41 bits per heavy atom. The van der Waals surface area contributed by atoms with E-state index in [1.165, 1.54) is 28.6 Å². The topological polar surface area (TPSA) is 122 Å². The molecule has 3 rings (SSSR count). The zero-order valence-corrected chi connectivity index (χ0v) is 18.5. The van der Waals surface area contributed by atoms with Crippen LogP contribution in [0.15, 0.2) is 53.4 Å². The van der Waals surface area contributed by atoms with Gasteiger partial charge in [-0.15, -0.1) is 0 Å². The van der Waals surface area contributed by atoms with E-state index in [2.05, 4.69) is 5.32 Å². The summed E-state index contributed by atoms with van der Waals surface area (Å²) in [5.74, 6) is -1.57. The van der Waals surface area contributed by atoms with Crippen molar-refractivity contribution >= 4 is 27.9 Å². The number of hydrogen-bond acceptors (Lipinski definition) is 6. The molecule has 0 fully saturated rings. The molecule has 0 aliphatic carbocycles. The normalized spacial score (nSPS) is 13.7. The van der Waals surface area contributed by atoms with Crippen molar-refractivity contribution in [2.45, 2.75) is 31.2 Å². The molecule has 10 heteroatoms. The van der Waals surface area contributed by atoms with Crippen molar-refractivity contribution in [3.63, 3.8) is 0 Å². The van der Waals surface area contributed by atoms with Gasteiger partial charge in [-0.25, -0.2) is 18.0 Å². The first-order valence-electron chi connectivity index (χ1n) is 10.2. The SMILES string of the molecule is CCCNC(=O)NC(=O)COC(=O)c1ccc(S(=O)(=O)N2CCc3ccccc3C2)cc1. The lowest BCUT2D eigenvalue weighted by Gasteiger charge is -2.28. The predicted molar refractivity (Wildman–Crippen MR) is 116 cm³/mol. The Hall–Kier alpha value is -3.24. The smallest absolute Gasteiger partial charge is 0.338 e. The first-order valence-corrected chi connectivity index (χ1v) is 11.7. The zero-order valence-electron chi connectivity index (χ0n) is 17.7. The fourth-order valence-corrected chi connectivity index (χ4v) is 4.67. The van der Waals surface area contributed by atoms with Gasteiger partial charge in [-0.05, 0) is 48.2 Å². The van der Waals surface area contributed by atoms with E-state index in [0.717, 1.165) is 11.1 Å². The van der Waals surface area contributed by atoms with Crippen LogP contribution in [-0.2, 0) is 32.5 Å². The van der Waals surface area contributed by atoms with Crippen LogP contribution in [0, 0.1) is 0 Å². The monoisotopic (exact) mass is 459 g/mol. The van der Waals surface area contributed by atoms with E-state index in [1.54, 1.807) is 0 Å². The second-order valence-corrected chi connectivity index (χ2v) is 9.20. The fraction of sp³-hybridized carbons (Fsp3) is 0.318. The molecule has 1 aliphatic heterocycles. The summed E-state index contributed by atoms with van der Waals surface area (Å²) >= 11 is 0. The van der Waals surface area contributed by atoms with Gasteiger partial charge in [0.15, 0.2) is 6.61 Å². The molecule has 2 N–H and O–H groups in total. The van der Waals surface area contributed by atoms with Crippen LogP contribution in [0.25, 0.3) is 0 Å². The number of fused-ring (bicyclic) bond motifs is 1. The molecule has 1 aliphatic rings. The van der Waals surface area contributed by atoms with Crippen LogP contribution < -0.4 is 10.6 Å². The molecular formula is C22H25N3O6S. The van der Waals surface area contributed by atoms with E-state index in [1.807, 2.05) is 36.5 Å². The average Bonchev–Trinajstić information content (AvgIpc) is 2.81. The highest BCUT2D eigenvalue weighted by Gasteiger charge is 2.28. The highest BCUT2D eigenvalue weighted by molar-refractivity contribution is 7.89. The summed E-state index contributed by atoms with van der Waals surface area (Å²) < 4.78 is 32.3. The second-order valence-electron chi connectivity index (χ2n) is 7.26. The Balaban J connectivity index is 1.58. The van der Waals surface area contributed by atoms with Crippen molar-refractivity contribution in [3.05, 3.63) is 65.2 Å². The van der Waals surface area contributed by atoms with Crippen molar-refractivity contribution in [2.24, 2.45) is 0 Å². The molecular weight excluding hydrogens is 434 g/mol. The van der Waals surface area contributed by atoms with E-state index in [9.17, 15) is 22.8 Å². The van der Waals surface area contributed by atoms with Gasteiger partial charge in [0.05, 0.1) is 10.5 Å². The van der Waals surface area contributed by atoms with Gasteiger partial charge in [0.2, 0.25) is 10.0 Å². The number of nitrogens with zero attached hydrogens (tertiary/aromatic N) is 1. The number of carbonyl (C=O) groups is 3. The molecule has 1 heterocycles. The maximum Gasteiger partial charge on any atom is 0.338 e. The molecule has 2 aromatic rings. The van der Waals surface area contributed by atoms with Gasteiger partial charge in [0, 0.05) is 19.6 Å². The van der Waals surface area contributed by atoms with Crippen molar-refractivity contribution < 1.29 is 27.5 Å². The Labute approximate surface area is 186 Å². The zero-order chi connectivity index (χ0) is 23.1. The number of hydrogen-bond donors (Lipinski definition) is 2. The Morgan fingerprint density at radius 1 is 1.03 bits per heavy atom. The summed E-state index contributed by atoms with van der Waals surface area (Å²) in [4.78, 5) is 35.3. The number of nitrogens with one attached hydrogen (secondary N) is 2. The van der Waals surface area contributed by atoms with Crippen LogP contribution in [0.1, 0.15) is 34.8 Å². The highest BCUT2D eigenvalue weighted by Crippen LogP contribution is 2.25. The summed E-state index contributed by atoms with van der Waals surface area (Å²) in [5.41, 5.74) is 2.21. The Kier molecular flexibility index (Phi) is 7.60. The summed E-state index contributed by atoms with van der Waals surface area (Å²) in [6.07, 6.45) is 1.35. The van der Waals surface area contributed by atoms with Crippen LogP contribution in [0.4, 0.5) is 4.79 Å². The Bertz CT molecular complexity index is 1100. The molecule has 0 saturated carbocycles. The third-order valence-electron chi connectivity index (χ3n) is 4.95. The minimum absolute atomic E-state index is 0.0683. The minimum atomic E-state index is -3.72. The first-order chi connectivity index (χ1) is 15.3. The number of esters is 1. The molecule has 0 atom stereocenters. The molecule has 0 unspecified atom stereocenters. The second kappa shape index (κ2) is 10.4. The van der Waals surface area contributed by atoms with E-state index in [0.29, 0.717) is 32.5 Å². The minimum Gasteiger partial charge on any atom is -0.452 e. The fourth-order valence-electron chi connectivity index (χ4n) is 3.25. The molecule has 0 spiro atoms. The first kappa shape index (κ1) is 23.4. The van der Waals surface area contributed by atoms with Gasteiger partial charge < -0.3 is 10.1 Å². The van der Waals surface area contributed by atoms with Gasteiger partial charge in [-0.1, -0.05) is 31.2 Å². The number of sulfonamides is 1. The van der Waals surface area contributed by atoms with Crippen LogP contribution in [0.3, 0.4) is 0 Å². The summed E-state index contributed by atoms with van der Waals surface area (Å²) in [5, 5.41) is 4.51. The molecule has 2 aromatic carbocycles. The van der Waals surface area contributed by atoms with Crippen LogP contribution in [0.2, 0.25) is 0 Å². The number of rotatable bonds is 7. The van der Waals surface area contributed by atoms with Crippen LogP contribution >= 0.6 is 0 Å². The van der Waals surface area contributed by atoms with Gasteiger partial charge in [-0.2, -0.15) is 4.31 Å². The molecule has 0 aromatic heterocycles. The molecule has 3 amide bonds. The predicted octanol–water partition coefficient (Wildman–Crippen LogP) is 1.83. The summed E-state index contributed by atoms with van der Waals surface area (Å²) in [6, 6.07) is 12.4. The maximum absolute atomic E-state index is 13.0. The van der Waals surface area contributed by atoms with Gasteiger partial charge >= 0.3 is 12.0 Å². The largest absolute Gasteiger partial charge is 0.452 e. The third kappa shape index (κ3) is 5.71. The van der Waals surface area contributed by atoms with E-state index in [4.69, 9.17) is 4.74 Å².